The fourth-order valence-electron chi connectivity index (χ4n) is 2.39. The van der Waals surface area contributed by atoms with E-state index in [0.717, 1.165) is 24.8 Å². The normalized spacial score (nSPS) is 9.86. The van der Waals surface area contributed by atoms with E-state index in [1.807, 2.05) is 38.4 Å². The molecule has 0 amide bonds. The van der Waals surface area contributed by atoms with Gasteiger partial charge in [-0.3, -0.25) is 4.79 Å². The zero-order valence-electron chi connectivity index (χ0n) is 12.7. The van der Waals surface area contributed by atoms with Crippen LogP contribution < -0.4 is 0 Å². The van der Waals surface area contributed by atoms with Gasteiger partial charge in [-0.05, 0) is 38.0 Å². The van der Waals surface area contributed by atoms with Crippen LogP contribution in [0.2, 0.25) is 0 Å². The second-order valence-corrected chi connectivity index (χ2v) is 4.64. The number of hydrogen-bond donors (Lipinski definition) is 2. The number of aldehydes is 1. The summed E-state index contributed by atoms with van der Waals surface area (Å²) in [6.45, 7) is 6.17. The Kier molecular flexibility index (Phi) is 6.46. The highest BCUT2D eigenvalue weighted by atomic mass is 16.4. The predicted molar refractivity (Wildman–Crippen MR) is 82.0 cm³/mol. The molecule has 0 aliphatic rings. The molecule has 2 aromatic heterocycles. The van der Waals surface area contributed by atoms with E-state index in [2.05, 4.69) is 4.98 Å². The van der Waals surface area contributed by atoms with Crippen LogP contribution in [0.25, 0.3) is 0 Å². The molecule has 0 bridgehead atoms. The first kappa shape index (κ1) is 16.8. The van der Waals surface area contributed by atoms with Gasteiger partial charge in [0.2, 0.25) is 0 Å². The molecule has 5 nitrogen and oxygen atoms in total. The third-order valence-corrected chi connectivity index (χ3v) is 3.29. The Bertz CT molecular complexity index is 566. The van der Waals surface area contributed by atoms with Crippen molar-refractivity contribution in [1.29, 1.82) is 0 Å². The topological polar surface area (TPSA) is 75.1 Å². The second-order valence-electron chi connectivity index (χ2n) is 4.64. The number of carboxylic acids is 1. The van der Waals surface area contributed by atoms with Crippen molar-refractivity contribution >= 4 is 12.3 Å². The molecule has 0 aliphatic heterocycles. The average Bonchev–Trinajstić information content (AvgIpc) is 3.09. The highest BCUT2D eigenvalue weighted by molar-refractivity contribution is 5.93. The van der Waals surface area contributed by atoms with Crippen LogP contribution in [-0.4, -0.2) is 26.9 Å². The summed E-state index contributed by atoms with van der Waals surface area (Å²) in [5, 5.41) is 9.14. The maximum absolute atomic E-state index is 11.2. The third-order valence-electron chi connectivity index (χ3n) is 3.29. The van der Waals surface area contributed by atoms with Crippen molar-refractivity contribution in [3.05, 3.63) is 47.0 Å². The SMILES string of the molecule is CCCc1c(C=O)c(C)c(C(=O)O)n1CC.c1cc[nH]c1. The highest BCUT2D eigenvalue weighted by Gasteiger charge is 2.22. The van der Waals surface area contributed by atoms with Crippen LogP contribution in [0.1, 0.15) is 52.4 Å². The Labute approximate surface area is 124 Å². The fourth-order valence-corrected chi connectivity index (χ4v) is 2.39. The summed E-state index contributed by atoms with van der Waals surface area (Å²) in [5.41, 5.74) is 2.21. The van der Waals surface area contributed by atoms with Gasteiger partial charge >= 0.3 is 5.97 Å². The molecule has 0 fully saturated rings. The molecule has 0 spiro atoms. The predicted octanol–water partition coefficient (Wildman–Crippen LogP) is 3.29. The Hall–Kier alpha value is -2.30. The number of nitrogens with zero attached hydrogens (tertiary/aromatic N) is 1. The first-order valence-electron chi connectivity index (χ1n) is 7.06. The Morgan fingerprint density at radius 2 is 1.95 bits per heavy atom. The number of nitrogens with one attached hydrogen (secondary N) is 1. The number of carboxylic acid groups (broad SMARTS) is 1. The summed E-state index contributed by atoms with van der Waals surface area (Å²) in [7, 11) is 0. The minimum Gasteiger partial charge on any atom is -0.477 e. The molecule has 0 aromatic carbocycles. The van der Waals surface area contributed by atoms with E-state index in [1.165, 1.54) is 0 Å². The standard InChI is InChI=1S/C12H17NO3.C4H5N/c1-4-6-10-9(7-14)8(3)11(12(15)16)13(10)5-2;1-2-4-5-3-1/h7H,4-6H2,1-3H3,(H,15,16);1-5H. The number of carbonyl (C=O) groups is 2. The summed E-state index contributed by atoms with van der Waals surface area (Å²) >= 11 is 0. The molecule has 0 saturated heterocycles. The number of aromatic carboxylic acids is 1. The van der Waals surface area contributed by atoms with Gasteiger partial charge in [-0.25, -0.2) is 4.79 Å². The van der Waals surface area contributed by atoms with Gasteiger partial charge in [-0.2, -0.15) is 0 Å². The van der Waals surface area contributed by atoms with E-state index in [0.29, 0.717) is 17.7 Å². The van der Waals surface area contributed by atoms with Crippen LogP contribution in [0.3, 0.4) is 0 Å². The molecule has 114 valence electrons. The molecular weight excluding hydrogens is 268 g/mol. The molecule has 0 radical (unpaired) electrons. The minimum absolute atomic E-state index is 0.244. The second kappa shape index (κ2) is 8.09. The van der Waals surface area contributed by atoms with Crippen molar-refractivity contribution < 1.29 is 14.7 Å². The Balaban J connectivity index is 0.000000369. The molecule has 2 rings (SSSR count). The van der Waals surface area contributed by atoms with Crippen LogP contribution >= 0.6 is 0 Å². The monoisotopic (exact) mass is 290 g/mol. The summed E-state index contributed by atoms with van der Waals surface area (Å²) in [6, 6.07) is 3.89. The van der Waals surface area contributed by atoms with Crippen LogP contribution in [-0.2, 0) is 13.0 Å². The molecule has 0 atom stereocenters. The van der Waals surface area contributed by atoms with Crippen LogP contribution in [0, 0.1) is 6.92 Å². The first-order chi connectivity index (χ1) is 10.1. The largest absolute Gasteiger partial charge is 0.477 e. The van der Waals surface area contributed by atoms with Crippen molar-refractivity contribution in [2.45, 2.75) is 40.2 Å². The molecule has 21 heavy (non-hydrogen) atoms. The van der Waals surface area contributed by atoms with Crippen molar-refractivity contribution in [2.75, 3.05) is 0 Å². The van der Waals surface area contributed by atoms with E-state index >= 15 is 0 Å². The van der Waals surface area contributed by atoms with E-state index in [-0.39, 0.29) is 5.69 Å². The molecule has 0 aliphatic carbocycles. The number of aromatic amines is 1. The van der Waals surface area contributed by atoms with Crippen LogP contribution in [0.4, 0.5) is 0 Å². The lowest BCUT2D eigenvalue weighted by Gasteiger charge is -2.08. The molecule has 0 unspecified atom stereocenters. The van der Waals surface area contributed by atoms with Crippen molar-refractivity contribution in [1.82, 2.24) is 9.55 Å². The molecule has 2 heterocycles. The minimum atomic E-state index is -0.968. The van der Waals surface area contributed by atoms with Gasteiger partial charge in [-0.15, -0.1) is 0 Å². The number of carbonyl (C=O) groups excluding carboxylic acids is 1. The van der Waals surface area contributed by atoms with Gasteiger partial charge in [0.25, 0.3) is 0 Å². The van der Waals surface area contributed by atoms with Gasteiger partial charge in [0.05, 0.1) is 0 Å². The molecular formula is C16H22N2O3. The summed E-state index contributed by atoms with van der Waals surface area (Å²) < 4.78 is 1.73. The third kappa shape index (κ3) is 3.84. The molecule has 5 heteroatoms. The van der Waals surface area contributed by atoms with Gasteiger partial charge < -0.3 is 14.7 Å². The lowest BCUT2D eigenvalue weighted by atomic mass is 10.1. The van der Waals surface area contributed by atoms with Gasteiger partial charge in [0, 0.05) is 30.2 Å². The lowest BCUT2D eigenvalue weighted by Crippen LogP contribution is -2.10. The zero-order chi connectivity index (χ0) is 15.8. The van der Waals surface area contributed by atoms with E-state index < -0.39 is 5.97 Å². The van der Waals surface area contributed by atoms with Crippen LogP contribution in [0.5, 0.6) is 0 Å². The average molecular weight is 290 g/mol. The number of hydrogen-bond acceptors (Lipinski definition) is 2. The Morgan fingerprint density at radius 1 is 1.33 bits per heavy atom. The van der Waals surface area contributed by atoms with Crippen molar-refractivity contribution in [2.24, 2.45) is 0 Å². The van der Waals surface area contributed by atoms with E-state index in [4.69, 9.17) is 5.11 Å². The smallest absolute Gasteiger partial charge is 0.352 e. The molecule has 2 aromatic rings. The van der Waals surface area contributed by atoms with E-state index in [1.54, 1.807) is 11.5 Å². The summed E-state index contributed by atoms with van der Waals surface area (Å²) in [4.78, 5) is 25.0. The fraction of sp³-hybridized carbons (Fsp3) is 0.375. The van der Waals surface area contributed by atoms with Crippen molar-refractivity contribution in [3.8, 4) is 0 Å². The highest BCUT2D eigenvalue weighted by Crippen LogP contribution is 2.22. The maximum atomic E-state index is 11.2. The van der Waals surface area contributed by atoms with E-state index in [9.17, 15) is 9.59 Å². The van der Waals surface area contributed by atoms with Gasteiger partial charge in [-0.1, -0.05) is 13.3 Å². The Morgan fingerprint density at radius 3 is 2.29 bits per heavy atom. The van der Waals surface area contributed by atoms with Crippen molar-refractivity contribution in [3.63, 3.8) is 0 Å². The maximum Gasteiger partial charge on any atom is 0.352 e. The zero-order valence-corrected chi connectivity index (χ0v) is 12.7. The lowest BCUT2D eigenvalue weighted by molar-refractivity contribution is 0.0684. The molecule has 0 saturated carbocycles. The summed E-state index contributed by atoms with van der Waals surface area (Å²) in [5.74, 6) is -0.968. The van der Waals surface area contributed by atoms with Gasteiger partial charge in [0.1, 0.15) is 5.69 Å². The van der Waals surface area contributed by atoms with Gasteiger partial charge in [0.15, 0.2) is 6.29 Å². The van der Waals surface area contributed by atoms with Crippen LogP contribution in [0.15, 0.2) is 24.5 Å². The first-order valence-corrected chi connectivity index (χ1v) is 7.06. The molecule has 2 N–H and O–H groups in total. The number of aromatic nitrogens is 2. The number of H-pyrrole nitrogens is 1. The number of rotatable bonds is 5. The summed E-state index contributed by atoms with van der Waals surface area (Å²) in [6.07, 6.45) is 6.14. The quantitative estimate of drug-likeness (QED) is 0.830.